The smallest absolute Gasteiger partial charge is 0.0160 e. The molecule has 0 saturated heterocycles. The topological polar surface area (TPSA) is 26.0 Å². The van der Waals surface area contributed by atoms with Crippen LogP contribution in [0.4, 0.5) is 0 Å². The van der Waals surface area contributed by atoms with Crippen LogP contribution >= 0.6 is 0 Å². The van der Waals surface area contributed by atoms with E-state index in [1.54, 1.807) is 0 Å². The molecule has 0 fully saturated rings. The van der Waals surface area contributed by atoms with Crippen LogP contribution in [0.2, 0.25) is 0 Å². The van der Waals surface area contributed by atoms with Gasteiger partial charge < -0.3 is 5.73 Å². The molecule has 0 atom stereocenters. The Balaban J connectivity index is 2.28. The lowest BCUT2D eigenvalue weighted by atomic mass is 9.92. The molecule has 0 aliphatic heterocycles. The Morgan fingerprint density at radius 2 is 1.92 bits per heavy atom. The predicted octanol–water partition coefficient (Wildman–Crippen LogP) is 2.83. The molecule has 0 aromatic heterocycles. The highest BCUT2D eigenvalue weighted by Crippen LogP contribution is 2.26. The molecular weight excluding hydrogens is 158 g/mol. The number of hydrogen-bond donors (Lipinski definition) is 1. The standard InChI is InChI=1S/C12H15N/c13-12-9-5-4-8-11(12)10-6-2-1-3-7-10/h1-2,4,6,8H,3,5,7,9,13H2. The van der Waals surface area contributed by atoms with Crippen molar-refractivity contribution in [3.05, 3.63) is 47.2 Å². The first-order valence-corrected chi connectivity index (χ1v) is 4.89. The van der Waals surface area contributed by atoms with Crippen LogP contribution in [0.15, 0.2) is 47.2 Å². The Bertz CT molecular complexity index is 316. The van der Waals surface area contributed by atoms with E-state index in [4.69, 9.17) is 5.73 Å². The molecule has 0 bridgehead atoms. The third-order valence-corrected chi connectivity index (χ3v) is 2.57. The lowest BCUT2D eigenvalue weighted by molar-refractivity contribution is 0.898. The average Bonchev–Trinajstić information content (AvgIpc) is 2.20. The maximum absolute atomic E-state index is 5.97. The lowest BCUT2D eigenvalue weighted by Gasteiger charge is -2.16. The largest absolute Gasteiger partial charge is 0.402 e. The molecule has 0 radical (unpaired) electrons. The van der Waals surface area contributed by atoms with Crippen LogP contribution < -0.4 is 5.73 Å². The van der Waals surface area contributed by atoms with Gasteiger partial charge in [-0.15, -0.1) is 0 Å². The summed E-state index contributed by atoms with van der Waals surface area (Å²) in [7, 11) is 0. The van der Waals surface area contributed by atoms with Crippen molar-refractivity contribution in [1.29, 1.82) is 0 Å². The Hall–Kier alpha value is -1.24. The molecule has 0 aromatic carbocycles. The van der Waals surface area contributed by atoms with Crippen molar-refractivity contribution in [2.24, 2.45) is 5.73 Å². The van der Waals surface area contributed by atoms with Crippen LogP contribution in [0.3, 0.4) is 0 Å². The molecule has 1 nitrogen and oxygen atoms in total. The molecule has 13 heavy (non-hydrogen) atoms. The summed E-state index contributed by atoms with van der Waals surface area (Å²) >= 11 is 0. The Morgan fingerprint density at radius 1 is 1.08 bits per heavy atom. The van der Waals surface area contributed by atoms with Crippen LogP contribution in [0, 0.1) is 0 Å². The van der Waals surface area contributed by atoms with Gasteiger partial charge in [0.1, 0.15) is 0 Å². The van der Waals surface area contributed by atoms with E-state index in [1.807, 2.05) is 0 Å². The molecule has 2 aliphatic rings. The van der Waals surface area contributed by atoms with Gasteiger partial charge in [-0.2, -0.15) is 0 Å². The van der Waals surface area contributed by atoms with Crippen LogP contribution in [0.25, 0.3) is 0 Å². The van der Waals surface area contributed by atoms with Gasteiger partial charge in [0.15, 0.2) is 0 Å². The summed E-state index contributed by atoms with van der Waals surface area (Å²) in [5.41, 5.74) is 9.71. The normalized spacial score (nSPS) is 22.0. The molecule has 0 unspecified atom stereocenters. The second-order valence-electron chi connectivity index (χ2n) is 3.54. The van der Waals surface area contributed by atoms with E-state index in [9.17, 15) is 0 Å². The molecule has 2 N–H and O–H groups in total. The van der Waals surface area contributed by atoms with Crippen LogP contribution in [-0.2, 0) is 0 Å². The highest BCUT2D eigenvalue weighted by Gasteiger charge is 2.10. The number of rotatable bonds is 1. The van der Waals surface area contributed by atoms with E-state index in [2.05, 4.69) is 30.4 Å². The summed E-state index contributed by atoms with van der Waals surface area (Å²) in [6, 6.07) is 0. The van der Waals surface area contributed by atoms with Gasteiger partial charge in [-0.1, -0.05) is 30.4 Å². The fourth-order valence-corrected chi connectivity index (χ4v) is 1.82. The van der Waals surface area contributed by atoms with E-state index < -0.39 is 0 Å². The molecule has 0 heterocycles. The number of nitrogens with two attached hydrogens (primary N) is 1. The molecule has 1 heteroatoms. The van der Waals surface area contributed by atoms with Crippen LogP contribution in [0.5, 0.6) is 0 Å². The third kappa shape index (κ3) is 1.74. The maximum Gasteiger partial charge on any atom is 0.0160 e. The van der Waals surface area contributed by atoms with Crippen LogP contribution in [-0.4, -0.2) is 0 Å². The summed E-state index contributed by atoms with van der Waals surface area (Å²) in [5.74, 6) is 0. The molecular formula is C12H15N. The summed E-state index contributed by atoms with van der Waals surface area (Å²) in [6.07, 6.45) is 15.3. The van der Waals surface area contributed by atoms with Crippen molar-refractivity contribution < 1.29 is 0 Å². The third-order valence-electron chi connectivity index (χ3n) is 2.57. The summed E-state index contributed by atoms with van der Waals surface area (Å²) < 4.78 is 0. The minimum Gasteiger partial charge on any atom is -0.402 e. The van der Waals surface area contributed by atoms with Gasteiger partial charge in [-0.05, 0) is 36.8 Å². The van der Waals surface area contributed by atoms with Gasteiger partial charge in [0, 0.05) is 5.70 Å². The zero-order valence-electron chi connectivity index (χ0n) is 7.79. The fraction of sp³-hybridized carbons (Fsp3) is 0.333. The monoisotopic (exact) mass is 173 g/mol. The van der Waals surface area contributed by atoms with E-state index >= 15 is 0 Å². The van der Waals surface area contributed by atoms with Gasteiger partial charge in [-0.3, -0.25) is 0 Å². The van der Waals surface area contributed by atoms with Gasteiger partial charge >= 0.3 is 0 Å². The van der Waals surface area contributed by atoms with Crippen LogP contribution in [0.1, 0.15) is 25.7 Å². The van der Waals surface area contributed by atoms with Crippen molar-refractivity contribution in [1.82, 2.24) is 0 Å². The Labute approximate surface area is 79.3 Å². The minimum atomic E-state index is 1.02. The number of allylic oxidation sites excluding steroid dienone is 8. The average molecular weight is 173 g/mol. The van der Waals surface area contributed by atoms with E-state index in [-0.39, 0.29) is 0 Å². The molecule has 0 spiro atoms. The predicted molar refractivity (Wildman–Crippen MR) is 56.0 cm³/mol. The number of hydrogen-bond acceptors (Lipinski definition) is 1. The van der Waals surface area contributed by atoms with Crippen molar-refractivity contribution >= 4 is 0 Å². The lowest BCUT2D eigenvalue weighted by Crippen LogP contribution is -2.06. The van der Waals surface area contributed by atoms with E-state index in [0.717, 1.165) is 31.4 Å². The quantitative estimate of drug-likeness (QED) is 0.648. The summed E-state index contributed by atoms with van der Waals surface area (Å²) in [6.45, 7) is 0. The Kier molecular flexibility index (Phi) is 2.35. The maximum atomic E-state index is 5.97. The second kappa shape index (κ2) is 3.65. The molecule has 2 rings (SSSR count). The molecule has 0 amide bonds. The molecule has 2 aliphatic carbocycles. The highest BCUT2D eigenvalue weighted by molar-refractivity contribution is 5.46. The first kappa shape index (κ1) is 8.36. The summed E-state index contributed by atoms with van der Waals surface area (Å²) in [4.78, 5) is 0. The van der Waals surface area contributed by atoms with Crippen molar-refractivity contribution in [2.45, 2.75) is 25.7 Å². The van der Waals surface area contributed by atoms with E-state index in [0.29, 0.717) is 0 Å². The summed E-state index contributed by atoms with van der Waals surface area (Å²) in [5, 5.41) is 0. The van der Waals surface area contributed by atoms with Gasteiger partial charge in [0.25, 0.3) is 0 Å². The zero-order chi connectivity index (χ0) is 9.10. The molecule has 68 valence electrons. The SMILES string of the molecule is NC1=C(C2=CC=CCC2)C=CCC1. The van der Waals surface area contributed by atoms with Crippen molar-refractivity contribution in [3.8, 4) is 0 Å². The van der Waals surface area contributed by atoms with Gasteiger partial charge in [-0.25, -0.2) is 0 Å². The van der Waals surface area contributed by atoms with Crippen molar-refractivity contribution in [2.75, 3.05) is 0 Å². The molecule has 0 saturated carbocycles. The molecule has 0 aromatic rings. The highest BCUT2D eigenvalue weighted by atomic mass is 14.6. The first-order valence-electron chi connectivity index (χ1n) is 4.89. The minimum absolute atomic E-state index is 1.02. The zero-order valence-corrected chi connectivity index (χ0v) is 7.79. The Morgan fingerprint density at radius 3 is 2.62 bits per heavy atom. The van der Waals surface area contributed by atoms with E-state index in [1.165, 1.54) is 11.1 Å². The van der Waals surface area contributed by atoms with Gasteiger partial charge in [0.2, 0.25) is 0 Å². The first-order chi connectivity index (χ1) is 6.38. The second-order valence-corrected chi connectivity index (χ2v) is 3.54. The fourth-order valence-electron chi connectivity index (χ4n) is 1.82. The van der Waals surface area contributed by atoms with Gasteiger partial charge in [0.05, 0.1) is 0 Å². The van der Waals surface area contributed by atoms with Crippen molar-refractivity contribution in [3.63, 3.8) is 0 Å².